The molecular formula is C27H28O17. The van der Waals surface area contributed by atoms with Crippen molar-refractivity contribution >= 4 is 29.5 Å². The zero-order chi connectivity index (χ0) is 32.9. The van der Waals surface area contributed by atoms with Crippen molar-refractivity contribution < 1.29 is 79.0 Å². The third kappa shape index (κ3) is 7.47. The van der Waals surface area contributed by atoms with Crippen molar-refractivity contribution in [3.8, 4) is 34.3 Å². The van der Waals surface area contributed by atoms with Gasteiger partial charge in [0.15, 0.2) is 24.4 Å². The Morgan fingerprint density at radius 3 is 1.98 bits per heavy atom. The third-order valence-corrected chi connectivity index (χ3v) is 6.07. The molecule has 17 nitrogen and oxygen atoms in total. The average molecular weight is 625 g/mol. The summed E-state index contributed by atoms with van der Waals surface area (Å²) in [5, 5.41) is 89.7. The maximum atomic E-state index is 13.5. The average Bonchev–Trinajstić information content (AvgIpc) is 2.98. The number of benzene rings is 2. The normalized spacial score (nSPS) is 16.9. The van der Waals surface area contributed by atoms with Crippen LogP contribution in [0.2, 0.25) is 0 Å². The van der Waals surface area contributed by atoms with Crippen molar-refractivity contribution in [2.24, 2.45) is 0 Å². The van der Waals surface area contributed by atoms with Gasteiger partial charge in [-0.05, 0) is 24.3 Å². The summed E-state index contributed by atoms with van der Waals surface area (Å²) < 4.78 is 20.9. The van der Waals surface area contributed by atoms with Gasteiger partial charge in [0.2, 0.25) is 23.8 Å². The molecule has 1 aromatic heterocycles. The lowest BCUT2D eigenvalue weighted by atomic mass is 10.1. The molecule has 0 fully saturated rings. The van der Waals surface area contributed by atoms with Gasteiger partial charge in [-0.2, -0.15) is 0 Å². The van der Waals surface area contributed by atoms with Crippen molar-refractivity contribution in [2.75, 3.05) is 0 Å². The zero-order valence-electron chi connectivity index (χ0n) is 22.5. The predicted octanol–water partition coefficient (Wildman–Crippen LogP) is -2.60. The van der Waals surface area contributed by atoms with Crippen molar-refractivity contribution in [3.63, 3.8) is 0 Å². The number of phenols is 2. The number of hydrogen-bond acceptors (Lipinski definition) is 17. The summed E-state index contributed by atoms with van der Waals surface area (Å²) in [5.74, 6) is -3.88. The van der Waals surface area contributed by atoms with Crippen molar-refractivity contribution in [2.45, 2.75) is 56.1 Å². The highest BCUT2D eigenvalue weighted by molar-refractivity contribution is 5.88. The van der Waals surface area contributed by atoms with Gasteiger partial charge in [-0.1, -0.05) is 0 Å². The minimum atomic E-state index is -2.44. The largest absolute Gasteiger partial charge is 0.508 e. The molecule has 3 rings (SSSR count). The van der Waals surface area contributed by atoms with Gasteiger partial charge in [-0.25, -0.2) is 0 Å². The predicted molar refractivity (Wildman–Crippen MR) is 142 cm³/mol. The second-order valence-electron chi connectivity index (χ2n) is 9.27. The molecule has 9 N–H and O–H groups in total. The SMILES string of the molecule is CC(=O)O[C@H]([C@H](O)[C@H](O)C=O)[C@@H](O)Oc1cc(O)c2c(=O)c(O[C@H](O)[C@H](O)[C@@H](O)[C@@H](O)C=O)c(-c3ccc(O)cc3)oc2c1. The number of fused-ring (bicyclic) bond motifs is 1. The second kappa shape index (κ2) is 14.2. The molecule has 44 heavy (non-hydrogen) atoms. The number of carbonyl (C=O) groups is 3. The van der Waals surface area contributed by atoms with Crippen molar-refractivity contribution in [1.29, 1.82) is 0 Å². The second-order valence-corrected chi connectivity index (χ2v) is 9.27. The van der Waals surface area contributed by atoms with E-state index in [4.69, 9.17) is 18.6 Å². The number of hydrogen-bond donors (Lipinski definition) is 9. The molecule has 17 heteroatoms. The standard InChI is InChI=1S/C27H28O17/c1-10(30)41-25(20(36)16(34)9-29)27(40)42-13-6-14(32)18-17(7-13)43-23(11-2-4-12(31)5-3-11)24(21(18)37)44-26(39)22(38)19(35)15(33)8-28/h2-9,15-16,19-20,22,25-27,31-36,38-40H,1H3/t15-,16+,19-,20+,22+,25+,26-,27-/m0/s1. The maximum absolute atomic E-state index is 13.5. The molecule has 0 saturated heterocycles. The van der Waals surface area contributed by atoms with Crippen LogP contribution in [-0.4, -0.2) is 114 Å². The van der Waals surface area contributed by atoms with Gasteiger partial charge in [0.1, 0.15) is 58.7 Å². The van der Waals surface area contributed by atoms with Crippen LogP contribution < -0.4 is 14.9 Å². The molecule has 238 valence electrons. The van der Waals surface area contributed by atoms with Gasteiger partial charge in [-0.3, -0.25) is 9.59 Å². The summed E-state index contributed by atoms with van der Waals surface area (Å²) in [6.07, 6.45) is -17.9. The molecule has 0 aliphatic heterocycles. The summed E-state index contributed by atoms with van der Waals surface area (Å²) in [6.45, 7) is 0.905. The number of aldehydes is 2. The first kappa shape index (κ1) is 33.9. The van der Waals surface area contributed by atoms with E-state index >= 15 is 0 Å². The van der Waals surface area contributed by atoms with E-state index in [-0.39, 0.29) is 23.9 Å². The number of aliphatic hydroxyl groups excluding tert-OH is 7. The van der Waals surface area contributed by atoms with E-state index in [9.17, 15) is 65.1 Å². The van der Waals surface area contributed by atoms with Crippen molar-refractivity contribution in [1.82, 2.24) is 0 Å². The van der Waals surface area contributed by atoms with Gasteiger partial charge >= 0.3 is 5.97 Å². The topological polar surface area (TPSA) is 291 Å². The van der Waals surface area contributed by atoms with Crippen LogP contribution in [0.5, 0.6) is 23.0 Å². The number of carbonyl (C=O) groups excluding carboxylic acids is 3. The van der Waals surface area contributed by atoms with Gasteiger partial charge < -0.3 is 74.2 Å². The number of esters is 1. The number of aliphatic hydroxyl groups is 7. The van der Waals surface area contributed by atoms with Crippen LogP contribution in [0.15, 0.2) is 45.6 Å². The summed E-state index contributed by atoms with van der Waals surface area (Å²) in [5.41, 5.74) is -1.59. The minimum Gasteiger partial charge on any atom is -0.508 e. The molecule has 0 aliphatic carbocycles. The molecule has 0 saturated carbocycles. The summed E-state index contributed by atoms with van der Waals surface area (Å²) in [7, 11) is 0. The molecule has 0 bridgehead atoms. The Morgan fingerprint density at radius 1 is 0.818 bits per heavy atom. The Labute approximate surface area is 245 Å². The van der Waals surface area contributed by atoms with Crippen LogP contribution in [0.4, 0.5) is 0 Å². The van der Waals surface area contributed by atoms with Crippen LogP contribution in [0, 0.1) is 0 Å². The van der Waals surface area contributed by atoms with Crippen LogP contribution in [-0.2, 0) is 19.1 Å². The minimum absolute atomic E-state index is 0.0266. The lowest BCUT2D eigenvalue weighted by molar-refractivity contribution is -0.194. The van der Waals surface area contributed by atoms with E-state index in [0.717, 1.165) is 19.1 Å². The molecule has 0 radical (unpaired) electrons. The van der Waals surface area contributed by atoms with Crippen LogP contribution in [0.25, 0.3) is 22.3 Å². The summed E-state index contributed by atoms with van der Waals surface area (Å²) in [6, 6.07) is 6.58. The van der Waals surface area contributed by atoms with Crippen LogP contribution in [0.1, 0.15) is 6.92 Å². The first-order valence-corrected chi connectivity index (χ1v) is 12.5. The molecule has 0 amide bonds. The summed E-state index contributed by atoms with van der Waals surface area (Å²) >= 11 is 0. The van der Waals surface area contributed by atoms with Crippen LogP contribution in [0.3, 0.4) is 0 Å². The lowest BCUT2D eigenvalue weighted by Gasteiger charge is -2.28. The first-order chi connectivity index (χ1) is 20.7. The highest BCUT2D eigenvalue weighted by Gasteiger charge is 2.37. The Balaban J connectivity index is 2.12. The highest BCUT2D eigenvalue weighted by atomic mass is 16.6. The number of aromatic hydroxyl groups is 2. The smallest absolute Gasteiger partial charge is 0.303 e. The zero-order valence-corrected chi connectivity index (χ0v) is 22.5. The van der Waals surface area contributed by atoms with E-state index in [1.54, 1.807) is 0 Å². The third-order valence-electron chi connectivity index (χ3n) is 6.07. The van der Waals surface area contributed by atoms with Crippen molar-refractivity contribution in [3.05, 3.63) is 46.6 Å². The number of ether oxygens (including phenoxy) is 3. The molecule has 0 aliphatic rings. The Kier molecular flexibility index (Phi) is 11.0. The molecule has 8 atom stereocenters. The van der Waals surface area contributed by atoms with Gasteiger partial charge in [0.05, 0.1) is 0 Å². The highest BCUT2D eigenvalue weighted by Crippen LogP contribution is 2.37. The molecule has 0 spiro atoms. The fourth-order valence-corrected chi connectivity index (χ4v) is 3.85. The molecular weight excluding hydrogens is 596 g/mol. The van der Waals surface area contributed by atoms with E-state index in [2.05, 4.69) is 0 Å². The number of phenolic OH excluding ortho intramolecular Hbond substituents is 2. The fraction of sp³-hybridized carbons (Fsp3) is 0.333. The molecule has 2 aromatic carbocycles. The van der Waals surface area contributed by atoms with E-state index in [0.29, 0.717) is 0 Å². The molecule has 0 unspecified atom stereocenters. The Bertz CT molecular complexity index is 1530. The molecule has 1 heterocycles. The molecule has 3 aromatic rings. The van der Waals surface area contributed by atoms with Crippen LogP contribution >= 0.6 is 0 Å². The van der Waals surface area contributed by atoms with E-state index < -0.39 is 94.6 Å². The Hall–Kier alpha value is -4.62. The monoisotopic (exact) mass is 624 g/mol. The lowest BCUT2D eigenvalue weighted by Crippen LogP contribution is -2.49. The van der Waals surface area contributed by atoms with Gasteiger partial charge in [0, 0.05) is 24.6 Å². The maximum Gasteiger partial charge on any atom is 0.303 e. The first-order valence-electron chi connectivity index (χ1n) is 12.5. The quantitative estimate of drug-likeness (QED) is 0.0504. The fourth-order valence-electron chi connectivity index (χ4n) is 3.85. The summed E-state index contributed by atoms with van der Waals surface area (Å²) in [4.78, 5) is 46.6. The van der Waals surface area contributed by atoms with Gasteiger partial charge in [-0.15, -0.1) is 0 Å². The van der Waals surface area contributed by atoms with E-state index in [1.807, 2.05) is 0 Å². The van der Waals surface area contributed by atoms with Gasteiger partial charge in [0.25, 0.3) is 0 Å². The number of rotatable bonds is 14. The Morgan fingerprint density at radius 2 is 1.41 bits per heavy atom. The van der Waals surface area contributed by atoms with E-state index in [1.165, 1.54) is 24.3 Å².